The van der Waals surface area contributed by atoms with Crippen molar-refractivity contribution in [1.29, 1.82) is 0 Å². The van der Waals surface area contributed by atoms with Crippen molar-refractivity contribution < 1.29 is 14.6 Å². The summed E-state index contributed by atoms with van der Waals surface area (Å²) in [5.41, 5.74) is 0.913. The van der Waals surface area contributed by atoms with Gasteiger partial charge in [0.1, 0.15) is 12.2 Å². The Kier molecular flexibility index (Phi) is 2.51. The van der Waals surface area contributed by atoms with Crippen LogP contribution >= 0.6 is 0 Å². The van der Waals surface area contributed by atoms with Crippen molar-refractivity contribution in [3.63, 3.8) is 0 Å². The number of nitrogens with zero attached hydrogens (tertiary/aromatic N) is 1. The zero-order valence-electron chi connectivity index (χ0n) is 7.95. The summed E-state index contributed by atoms with van der Waals surface area (Å²) in [6.45, 7) is 0.794. The Morgan fingerprint density at radius 1 is 1.60 bits per heavy atom. The molecule has 0 spiro atoms. The lowest BCUT2D eigenvalue weighted by Gasteiger charge is -2.14. The van der Waals surface area contributed by atoms with Gasteiger partial charge in [0.2, 0.25) is 0 Å². The van der Waals surface area contributed by atoms with Crippen LogP contribution in [0.15, 0.2) is 4.79 Å². The van der Waals surface area contributed by atoms with Crippen LogP contribution in [0.2, 0.25) is 0 Å². The predicted octanol–water partition coefficient (Wildman–Crippen LogP) is -0.530. The van der Waals surface area contributed by atoms with E-state index in [0.717, 1.165) is 0 Å². The molecule has 2 heterocycles. The van der Waals surface area contributed by atoms with Crippen LogP contribution in [-0.4, -0.2) is 27.7 Å². The van der Waals surface area contributed by atoms with Crippen molar-refractivity contribution in [2.24, 2.45) is 0 Å². The first kappa shape index (κ1) is 9.85. The van der Waals surface area contributed by atoms with Crippen molar-refractivity contribution >= 4 is 5.97 Å². The Hall–Kier alpha value is -1.69. The highest BCUT2D eigenvalue weighted by atomic mass is 16.5. The third kappa shape index (κ3) is 2.04. The Bertz CT molecular complexity index is 452. The first-order valence-electron chi connectivity index (χ1n) is 4.57. The Balaban J connectivity index is 2.40. The van der Waals surface area contributed by atoms with Gasteiger partial charge in [-0.25, -0.2) is 4.98 Å². The van der Waals surface area contributed by atoms with Crippen molar-refractivity contribution in [3.8, 4) is 0 Å². The minimum atomic E-state index is -1.02. The largest absolute Gasteiger partial charge is 0.481 e. The number of hydrogen-bond donors (Lipinski definition) is 2. The van der Waals surface area contributed by atoms with Gasteiger partial charge in [-0.3, -0.25) is 9.59 Å². The van der Waals surface area contributed by atoms with Crippen LogP contribution in [-0.2, 0) is 29.0 Å². The molecule has 6 nitrogen and oxygen atoms in total. The van der Waals surface area contributed by atoms with Gasteiger partial charge in [0.05, 0.1) is 18.9 Å². The maximum absolute atomic E-state index is 11.5. The van der Waals surface area contributed by atoms with Crippen molar-refractivity contribution in [3.05, 3.63) is 27.4 Å². The van der Waals surface area contributed by atoms with Gasteiger partial charge < -0.3 is 14.8 Å². The number of aromatic nitrogens is 2. The van der Waals surface area contributed by atoms with E-state index in [1.807, 2.05) is 0 Å². The number of H-pyrrole nitrogens is 1. The second kappa shape index (κ2) is 3.82. The molecule has 1 aromatic heterocycles. The van der Waals surface area contributed by atoms with Gasteiger partial charge in [0.25, 0.3) is 5.56 Å². The second-order valence-electron chi connectivity index (χ2n) is 3.31. The van der Waals surface area contributed by atoms with Gasteiger partial charge in [-0.2, -0.15) is 0 Å². The monoisotopic (exact) mass is 210 g/mol. The van der Waals surface area contributed by atoms with E-state index in [0.29, 0.717) is 24.3 Å². The number of rotatable bonds is 2. The van der Waals surface area contributed by atoms with E-state index >= 15 is 0 Å². The van der Waals surface area contributed by atoms with Crippen LogP contribution in [0.1, 0.15) is 17.1 Å². The zero-order chi connectivity index (χ0) is 10.8. The Morgan fingerprint density at radius 2 is 2.40 bits per heavy atom. The molecule has 0 fully saturated rings. The summed E-state index contributed by atoms with van der Waals surface area (Å²) in [6.07, 6.45) is 0.257. The molecule has 0 saturated heterocycles. The maximum atomic E-state index is 11.5. The number of nitrogens with one attached hydrogen (secondary N) is 1. The van der Waals surface area contributed by atoms with Crippen LogP contribution in [0.4, 0.5) is 0 Å². The fourth-order valence-corrected chi connectivity index (χ4v) is 1.54. The van der Waals surface area contributed by atoms with Crippen LogP contribution in [0, 0.1) is 0 Å². The number of carbonyl (C=O) groups is 1. The molecule has 0 aromatic carbocycles. The molecule has 0 saturated carbocycles. The highest BCUT2D eigenvalue weighted by Gasteiger charge is 2.16. The number of fused-ring (bicyclic) bond motifs is 1. The van der Waals surface area contributed by atoms with E-state index in [1.54, 1.807) is 0 Å². The summed E-state index contributed by atoms with van der Waals surface area (Å²) < 4.78 is 5.15. The van der Waals surface area contributed by atoms with Crippen LogP contribution in [0.25, 0.3) is 0 Å². The fourth-order valence-electron chi connectivity index (χ4n) is 1.54. The van der Waals surface area contributed by atoms with Gasteiger partial charge in [-0.05, 0) is 0 Å². The highest BCUT2D eigenvalue weighted by molar-refractivity contribution is 5.68. The van der Waals surface area contributed by atoms with Gasteiger partial charge in [-0.1, -0.05) is 0 Å². The van der Waals surface area contributed by atoms with E-state index in [9.17, 15) is 9.59 Å². The van der Waals surface area contributed by atoms with Crippen molar-refractivity contribution in [1.82, 2.24) is 9.97 Å². The standard InChI is InChI=1S/C9H10N2O4/c12-8(13)3-7-10-6-4-15-2-1-5(6)9(14)11-7/h1-4H2,(H,12,13)(H,10,11,14). The molecule has 0 unspecified atom stereocenters. The van der Waals surface area contributed by atoms with E-state index in [2.05, 4.69) is 9.97 Å². The van der Waals surface area contributed by atoms with Crippen LogP contribution < -0.4 is 5.56 Å². The first-order chi connectivity index (χ1) is 7.16. The molecule has 0 aliphatic carbocycles. The average Bonchev–Trinajstić information content (AvgIpc) is 2.16. The van der Waals surface area contributed by atoms with E-state index < -0.39 is 5.97 Å². The lowest BCUT2D eigenvalue weighted by molar-refractivity contribution is -0.136. The van der Waals surface area contributed by atoms with Crippen molar-refractivity contribution in [2.45, 2.75) is 19.4 Å². The molecule has 2 N–H and O–H groups in total. The summed E-state index contributed by atoms with van der Waals surface area (Å²) in [5.74, 6) is -0.841. The number of aliphatic carboxylic acids is 1. The number of carboxylic acid groups (broad SMARTS) is 1. The maximum Gasteiger partial charge on any atom is 0.311 e. The molecule has 15 heavy (non-hydrogen) atoms. The molecule has 6 heteroatoms. The lowest BCUT2D eigenvalue weighted by Crippen LogP contribution is -2.26. The molecule has 0 amide bonds. The van der Waals surface area contributed by atoms with Gasteiger partial charge in [0, 0.05) is 12.0 Å². The third-order valence-electron chi connectivity index (χ3n) is 2.20. The van der Waals surface area contributed by atoms with E-state index in [1.165, 1.54) is 0 Å². The first-order valence-corrected chi connectivity index (χ1v) is 4.57. The topological polar surface area (TPSA) is 92.3 Å². The Labute approximate surface area is 84.9 Å². The minimum Gasteiger partial charge on any atom is -0.481 e. The number of aromatic amines is 1. The predicted molar refractivity (Wildman–Crippen MR) is 49.6 cm³/mol. The molecule has 0 atom stereocenters. The summed E-state index contributed by atoms with van der Waals surface area (Å²) in [6, 6.07) is 0. The molecule has 2 rings (SSSR count). The molecule has 1 aromatic rings. The molecule has 0 radical (unpaired) electrons. The van der Waals surface area contributed by atoms with Crippen LogP contribution in [0.3, 0.4) is 0 Å². The molecule has 1 aliphatic heterocycles. The smallest absolute Gasteiger partial charge is 0.311 e. The molecular formula is C9H10N2O4. The SMILES string of the molecule is O=C(O)Cc1nc2c(c(=O)[nH]1)CCOC2. The molecule has 1 aliphatic rings. The minimum absolute atomic E-state index is 0.178. The quantitative estimate of drug-likeness (QED) is 0.684. The Morgan fingerprint density at radius 3 is 3.13 bits per heavy atom. The molecule has 0 bridgehead atoms. The number of hydrogen-bond acceptors (Lipinski definition) is 4. The normalized spacial score (nSPS) is 14.7. The summed E-state index contributed by atoms with van der Waals surface area (Å²) in [7, 11) is 0. The third-order valence-corrected chi connectivity index (χ3v) is 2.20. The second-order valence-corrected chi connectivity index (χ2v) is 3.31. The van der Waals surface area contributed by atoms with Gasteiger partial charge in [0.15, 0.2) is 0 Å². The summed E-state index contributed by atoms with van der Waals surface area (Å²) in [4.78, 5) is 28.5. The highest BCUT2D eigenvalue weighted by Crippen LogP contribution is 2.09. The summed E-state index contributed by atoms with van der Waals surface area (Å²) in [5, 5.41) is 8.57. The average molecular weight is 210 g/mol. The van der Waals surface area contributed by atoms with E-state index in [-0.39, 0.29) is 24.4 Å². The van der Waals surface area contributed by atoms with Gasteiger partial charge >= 0.3 is 5.97 Å². The van der Waals surface area contributed by atoms with E-state index in [4.69, 9.17) is 9.84 Å². The number of carboxylic acids is 1. The zero-order valence-corrected chi connectivity index (χ0v) is 7.95. The summed E-state index contributed by atoms with van der Waals surface area (Å²) >= 11 is 0. The molecular weight excluding hydrogens is 200 g/mol. The van der Waals surface area contributed by atoms with Gasteiger partial charge in [-0.15, -0.1) is 0 Å². The molecule has 80 valence electrons. The number of ether oxygens (including phenoxy) is 1. The van der Waals surface area contributed by atoms with Crippen molar-refractivity contribution in [2.75, 3.05) is 6.61 Å². The lowest BCUT2D eigenvalue weighted by atomic mass is 10.1. The van der Waals surface area contributed by atoms with Crippen LogP contribution in [0.5, 0.6) is 0 Å². The fraction of sp³-hybridized carbons (Fsp3) is 0.444.